The molecule has 4 rings (SSSR count). The van der Waals surface area contributed by atoms with E-state index in [-0.39, 0.29) is 18.7 Å². The molecule has 1 aliphatic rings. The Kier molecular flexibility index (Phi) is 6.19. The first-order chi connectivity index (χ1) is 14.3. The number of anilines is 1. The van der Waals surface area contributed by atoms with Gasteiger partial charge in [0.15, 0.2) is 0 Å². The standard InChI is InChI=1S/C24H25N3O2/c28-24-19-29-26(18-21-12-6-2-7-13-21)23(17-16-20-10-4-1-5-11-20)27(24)25-22-14-8-3-9-15-22/h1-15,23,25H,16-19H2. The smallest absolute Gasteiger partial charge is 0.270 e. The zero-order chi connectivity index (χ0) is 19.9. The van der Waals surface area contributed by atoms with Crippen LogP contribution in [-0.2, 0) is 22.6 Å². The fourth-order valence-electron chi connectivity index (χ4n) is 3.51. The Morgan fingerprint density at radius 3 is 2.07 bits per heavy atom. The van der Waals surface area contributed by atoms with Gasteiger partial charge in [-0.2, -0.15) is 5.06 Å². The van der Waals surface area contributed by atoms with E-state index in [9.17, 15) is 4.79 Å². The molecule has 0 saturated carbocycles. The van der Waals surface area contributed by atoms with E-state index in [4.69, 9.17) is 4.84 Å². The summed E-state index contributed by atoms with van der Waals surface area (Å²) in [5.74, 6) is -0.0729. The van der Waals surface area contributed by atoms with Crippen molar-refractivity contribution in [3.63, 3.8) is 0 Å². The lowest BCUT2D eigenvalue weighted by molar-refractivity contribution is -0.251. The number of para-hydroxylation sites is 1. The molecule has 0 radical (unpaired) electrons. The summed E-state index contributed by atoms with van der Waals surface area (Å²) in [5, 5.41) is 3.63. The summed E-state index contributed by atoms with van der Waals surface area (Å²) in [5.41, 5.74) is 6.56. The molecule has 3 aromatic rings. The van der Waals surface area contributed by atoms with Crippen molar-refractivity contribution in [1.82, 2.24) is 10.1 Å². The minimum absolute atomic E-state index is 0.0223. The first-order valence-electron chi connectivity index (χ1n) is 9.91. The largest absolute Gasteiger partial charge is 0.294 e. The second kappa shape index (κ2) is 9.37. The molecule has 1 fully saturated rings. The molecule has 3 aromatic carbocycles. The lowest BCUT2D eigenvalue weighted by Crippen LogP contribution is -2.59. The maximum atomic E-state index is 12.7. The van der Waals surface area contributed by atoms with Crippen LogP contribution in [0, 0.1) is 0 Å². The normalized spacial score (nSPS) is 17.3. The third-order valence-corrected chi connectivity index (χ3v) is 4.99. The van der Waals surface area contributed by atoms with Gasteiger partial charge in [-0.3, -0.25) is 15.1 Å². The van der Waals surface area contributed by atoms with Crippen LogP contribution in [0.3, 0.4) is 0 Å². The molecule has 0 aliphatic carbocycles. The van der Waals surface area contributed by atoms with E-state index >= 15 is 0 Å². The molecular weight excluding hydrogens is 362 g/mol. The van der Waals surface area contributed by atoms with E-state index in [0.29, 0.717) is 6.54 Å². The Hall–Kier alpha value is -3.15. The number of rotatable bonds is 7. The Balaban J connectivity index is 1.56. The van der Waals surface area contributed by atoms with Gasteiger partial charge in [0.1, 0.15) is 12.8 Å². The molecule has 1 amide bonds. The van der Waals surface area contributed by atoms with Gasteiger partial charge in [-0.15, -0.1) is 0 Å². The van der Waals surface area contributed by atoms with E-state index in [1.54, 1.807) is 5.01 Å². The van der Waals surface area contributed by atoms with Crippen LogP contribution in [0.15, 0.2) is 91.0 Å². The highest BCUT2D eigenvalue weighted by molar-refractivity contribution is 5.79. The van der Waals surface area contributed by atoms with Gasteiger partial charge >= 0.3 is 0 Å². The fourth-order valence-corrected chi connectivity index (χ4v) is 3.51. The maximum absolute atomic E-state index is 12.7. The summed E-state index contributed by atoms with van der Waals surface area (Å²) in [6.45, 7) is 0.634. The molecule has 1 N–H and O–H groups in total. The van der Waals surface area contributed by atoms with Crippen molar-refractivity contribution in [3.05, 3.63) is 102 Å². The SMILES string of the molecule is O=C1CON(Cc2ccccc2)C(CCc2ccccc2)N1Nc1ccccc1. The molecule has 1 saturated heterocycles. The lowest BCUT2D eigenvalue weighted by atomic mass is 10.1. The second-order valence-electron chi connectivity index (χ2n) is 7.08. The van der Waals surface area contributed by atoms with Crippen LogP contribution in [0.1, 0.15) is 17.5 Å². The van der Waals surface area contributed by atoms with E-state index in [0.717, 1.165) is 24.1 Å². The maximum Gasteiger partial charge on any atom is 0.270 e. The van der Waals surface area contributed by atoms with E-state index in [1.165, 1.54) is 5.56 Å². The Labute approximate surface area is 171 Å². The van der Waals surface area contributed by atoms with Gasteiger partial charge < -0.3 is 0 Å². The van der Waals surface area contributed by atoms with E-state index < -0.39 is 0 Å². The number of aryl methyl sites for hydroxylation is 1. The van der Waals surface area contributed by atoms with Gasteiger partial charge in [0.2, 0.25) is 0 Å². The molecule has 1 atom stereocenters. The van der Waals surface area contributed by atoms with Crippen LogP contribution >= 0.6 is 0 Å². The zero-order valence-electron chi connectivity index (χ0n) is 16.3. The molecular formula is C24H25N3O2. The van der Waals surface area contributed by atoms with Crippen LogP contribution < -0.4 is 5.43 Å². The van der Waals surface area contributed by atoms with Crippen molar-refractivity contribution < 1.29 is 9.63 Å². The average molecular weight is 387 g/mol. The van der Waals surface area contributed by atoms with Crippen LogP contribution in [0.5, 0.6) is 0 Å². The molecule has 1 aliphatic heterocycles. The lowest BCUT2D eigenvalue weighted by Gasteiger charge is -2.43. The molecule has 148 valence electrons. The number of hydrogen-bond acceptors (Lipinski definition) is 4. The van der Waals surface area contributed by atoms with Gasteiger partial charge in [-0.1, -0.05) is 78.9 Å². The molecule has 0 spiro atoms. The Bertz CT molecular complexity index is 903. The van der Waals surface area contributed by atoms with Crippen LogP contribution in [-0.4, -0.2) is 28.8 Å². The van der Waals surface area contributed by atoms with Crippen molar-refractivity contribution in [2.24, 2.45) is 0 Å². The van der Waals surface area contributed by atoms with Crippen molar-refractivity contribution in [1.29, 1.82) is 0 Å². The van der Waals surface area contributed by atoms with Crippen molar-refractivity contribution in [2.45, 2.75) is 25.6 Å². The third kappa shape index (κ3) is 5.02. The first kappa shape index (κ1) is 19.2. The predicted octanol–water partition coefficient (Wildman–Crippen LogP) is 4.25. The number of nitrogens with zero attached hydrogens (tertiary/aromatic N) is 2. The number of carbonyl (C=O) groups excluding carboxylic acids is 1. The van der Waals surface area contributed by atoms with Crippen molar-refractivity contribution in [2.75, 3.05) is 12.0 Å². The topological polar surface area (TPSA) is 44.8 Å². The molecule has 1 unspecified atom stereocenters. The van der Waals surface area contributed by atoms with Gasteiger partial charge in [-0.25, -0.2) is 5.01 Å². The number of nitrogens with one attached hydrogen (secondary N) is 1. The predicted molar refractivity (Wildman–Crippen MR) is 113 cm³/mol. The van der Waals surface area contributed by atoms with Crippen LogP contribution in [0.25, 0.3) is 0 Å². The third-order valence-electron chi connectivity index (χ3n) is 4.99. The van der Waals surface area contributed by atoms with Gasteiger partial charge in [0.25, 0.3) is 5.91 Å². The number of hydrogen-bond donors (Lipinski definition) is 1. The van der Waals surface area contributed by atoms with Gasteiger partial charge in [0, 0.05) is 0 Å². The average Bonchev–Trinajstić information content (AvgIpc) is 2.78. The monoisotopic (exact) mass is 387 g/mol. The summed E-state index contributed by atoms with van der Waals surface area (Å²) in [6.07, 6.45) is 1.37. The van der Waals surface area contributed by atoms with Crippen molar-refractivity contribution >= 4 is 11.6 Å². The van der Waals surface area contributed by atoms with Crippen LogP contribution in [0.4, 0.5) is 5.69 Å². The highest BCUT2D eigenvalue weighted by atomic mass is 16.7. The molecule has 0 bridgehead atoms. The Morgan fingerprint density at radius 2 is 1.41 bits per heavy atom. The quantitative estimate of drug-likeness (QED) is 0.658. The Morgan fingerprint density at radius 1 is 0.828 bits per heavy atom. The van der Waals surface area contributed by atoms with E-state index in [2.05, 4.69) is 29.7 Å². The van der Waals surface area contributed by atoms with Crippen LogP contribution in [0.2, 0.25) is 0 Å². The summed E-state index contributed by atoms with van der Waals surface area (Å²) < 4.78 is 0. The molecule has 29 heavy (non-hydrogen) atoms. The number of carbonyl (C=O) groups is 1. The fraction of sp³-hybridized carbons (Fsp3) is 0.208. The number of hydrazine groups is 1. The van der Waals surface area contributed by atoms with Crippen molar-refractivity contribution in [3.8, 4) is 0 Å². The first-order valence-corrected chi connectivity index (χ1v) is 9.91. The minimum atomic E-state index is -0.225. The molecule has 0 aromatic heterocycles. The van der Waals surface area contributed by atoms with Gasteiger partial charge in [0.05, 0.1) is 12.2 Å². The number of amides is 1. The number of benzene rings is 3. The summed E-state index contributed by atoms with van der Waals surface area (Å²) in [6, 6.07) is 30.3. The summed E-state index contributed by atoms with van der Waals surface area (Å²) >= 11 is 0. The highest BCUT2D eigenvalue weighted by Gasteiger charge is 2.35. The summed E-state index contributed by atoms with van der Waals surface area (Å²) in [7, 11) is 0. The van der Waals surface area contributed by atoms with Gasteiger partial charge in [-0.05, 0) is 36.1 Å². The highest BCUT2D eigenvalue weighted by Crippen LogP contribution is 2.23. The summed E-state index contributed by atoms with van der Waals surface area (Å²) in [4.78, 5) is 18.6. The molecule has 5 nitrogen and oxygen atoms in total. The zero-order valence-corrected chi connectivity index (χ0v) is 16.3. The van der Waals surface area contributed by atoms with E-state index in [1.807, 2.05) is 71.8 Å². The molecule has 5 heteroatoms. The second-order valence-corrected chi connectivity index (χ2v) is 7.08. The molecule has 1 heterocycles. The number of hydroxylamine groups is 2. The minimum Gasteiger partial charge on any atom is -0.294 e.